The molecule has 0 atom stereocenters. The SMILES string of the molecule is C=C/C=C\C(=C/Cc1ccc(OCCCS)cc1C)COc1ccc2c(CC(=O)O)coc2c1. The van der Waals surface area contributed by atoms with Crippen molar-refractivity contribution in [2.45, 2.75) is 26.2 Å². The van der Waals surface area contributed by atoms with E-state index in [2.05, 4.69) is 44.3 Å². The maximum Gasteiger partial charge on any atom is 0.307 e. The van der Waals surface area contributed by atoms with E-state index in [1.165, 1.54) is 17.4 Å². The van der Waals surface area contributed by atoms with Gasteiger partial charge in [0.25, 0.3) is 0 Å². The number of furan rings is 1. The summed E-state index contributed by atoms with van der Waals surface area (Å²) in [6.45, 7) is 6.88. The lowest BCUT2D eigenvalue weighted by molar-refractivity contribution is -0.136. The topological polar surface area (TPSA) is 68.9 Å². The van der Waals surface area contributed by atoms with Gasteiger partial charge in [0.05, 0.1) is 19.3 Å². The molecular weight excluding hydrogens is 448 g/mol. The van der Waals surface area contributed by atoms with Crippen LogP contribution in [0.25, 0.3) is 11.0 Å². The molecule has 1 aromatic heterocycles. The van der Waals surface area contributed by atoms with Crippen LogP contribution in [0.1, 0.15) is 23.1 Å². The first-order valence-corrected chi connectivity index (χ1v) is 11.8. The standard InChI is InChI=1S/C28H30O5S/c1-3-4-6-21(7-8-22-9-10-24(15-20(22)2)31-13-5-14-34)18-32-25-11-12-26-23(16-28(29)30)19-33-27(26)17-25/h3-4,6-7,9-12,15,17,19,34H,1,5,8,13-14,16,18H2,2H3,(H,29,30)/b6-4-,21-7+. The first-order valence-electron chi connectivity index (χ1n) is 11.2. The molecule has 0 spiro atoms. The second kappa shape index (κ2) is 12.8. The van der Waals surface area contributed by atoms with Crippen LogP contribution < -0.4 is 9.47 Å². The van der Waals surface area contributed by atoms with Crippen LogP contribution in [0.2, 0.25) is 0 Å². The number of fused-ring (bicyclic) bond motifs is 1. The van der Waals surface area contributed by atoms with Crippen LogP contribution in [0, 0.1) is 6.92 Å². The molecule has 0 aliphatic rings. The fourth-order valence-electron chi connectivity index (χ4n) is 3.47. The van der Waals surface area contributed by atoms with Gasteiger partial charge in [-0.25, -0.2) is 0 Å². The van der Waals surface area contributed by atoms with E-state index in [1.54, 1.807) is 12.1 Å². The third-order valence-corrected chi connectivity index (χ3v) is 5.61. The highest BCUT2D eigenvalue weighted by Crippen LogP contribution is 2.26. The highest BCUT2D eigenvalue weighted by atomic mass is 32.1. The summed E-state index contributed by atoms with van der Waals surface area (Å²) in [5.74, 6) is 1.45. The number of allylic oxidation sites excluding steroid dienone is 3. The van der Waals surface area contributed by atoms with Gasteiger partial charge in [-0.3, -0.25) is 4.79 Å². The Labute approximate surface area is 205 Å². The molecule has 0 aliphatic heterocycles. The minimum Gasteiger partial charge on any atom is -0.494 e. The van der Waals surface area contributed by atoms with E-state index in [0.29, 0.717) is 30.1 Å². The van der Waals surface area contributed by atoms with Crippen molar-refractivity contribution in [2.75, 3.05) is 19.0 Å². The zero-order valence-corrected chi connectivity index (χ0v) is 20.2. The zero-order valence-electron chi connectivity index (χ0n) is 19.3. The van der Waals surface area contributed by atoms with Crippen LogP contribution >= 0.6 is 12.6 Å². The van der Waals surface area contributed by atoms with Crippen molar-refractivity contribution in [1.82, 2.24) is 0 Å². The first kappa shape index (κ1) is 25.2. The third-order valence-electron chi connectivity index (χ3n) is 5.29. The molecule has 34 heavy (non-hydrogen) atoms. The molecule has 0 amide bonds. The van der Waals surface area contributed by atoms with Crippen molar-refractivity contribution in [3.63, 3.8) is 0 Å². The quantitative estimate of drug-likeness (QED) is 0.170. The molecule has 0 fully saturated rings. The Bertz CT molecular complexity index is 1190. The van der Waals surface area contributed by atoms with Crippen molar-refractivity contribution in [3.05, 3.63) is 95.8 Å². The molecule has 0 unspecified atom stereocenters. The summed E-state index contributed by atoms with van der Waals surface area (Å²) >= 11 is 4.21. The van der Waals surface area contributed by atoms with Crippen molar-refractivity contribution in [3.8, 4) is 11.5 Å². The van der Waals surface area contributed by atoms with Crippen LogP contribution in [0.15, 0.2) is 83.5 Å². The summed E-state index contributed by atoms with van der Waals surface area (Å²) in [6.07, 6.45) is 10.8. The molecule has 0 aliphatic carbocycles. The molecule has 178 valence electrons. The van der Waals surface area contributed by atoms with Crippen molar-refractivity contribution in [1.29, 1.82) is 0 Å². The minimum atomic E-state index is -0.891. The number of thiol groups is 1. The number of carbonyl (C=O) groups is 1. The van der Waals surface area contributed by atoms with Crippen molar-refractivity contribution < 1.29 is 23.8 Å². The van der Waals surface area contributed by atoms with Crippen LogP contribution in [0.3, 0.4) is 0 Å². The second-order valence-corrected chi connectivity index (χ2v) is 8.32. The molecular formula is C28H30O5S. The lowest BCUT2D eigenvalue weighted by Gasteiger charge is -2.10. The summed E-state index contributed by atoms with van der Waals surface area (Å²) in [7, 11) is 0. The highest BCUT2D eigenvalue weighted by molar-refractivity contribution is 7.80. The predicted octanol–water partition coefficient (Wildman–Crippen LogP) is 6.36. The fourth-order valence-corrected chi connectivity index (χ4v) is 3.60. The Balaban J connectivity index is 1.67. The molecule has 2 aromatic carbocycles. The molecule has 5 nitrogen and oxygen atoms in total. The molecule has 0 saturated heterocycles. The average Bonchev–Trinajstić information content (AvgIpc) is 3.21. The van der Waals surface area contributed by atoms with Gasteiger partial charge in [0.15, 0.2) is 0 Å². The van der Waals surface area contributed by atoms with Gasteiger partial charge < -0.3 is 19.0 Å². The Kier molecular flexibility index (Phi) is 9.47. The van der Waals surface area contributed by atoms with E-state index in [4.69, 9.17) is 19.0 Å². The van der Waals surface area contributed by atoms with Gasteiger partial charge in [-0.05, 0) is 66.5 Å². The number of hydrogen-bond donors (Lipinski definition) is 2. The third kappa shape index (κ3) is 7.32. The van der Waals surface area contributed by atoms with Gasteiger partial charge in [0, 0.05) is 17.0 Å². The number of ether oxygens (including phenoxy) is 2. The average molecular weight is 479 g/mol. The number of hydrogen-bond acceptors (Lipinski definition) is 5. The number of carboxylic acids is 1. The zero-order chi connectivity index (χ0) is 24.3. The summed E-state index contributed by atoms with van der Waals surface area (Å²) < 4.78 is 17.3. The Morgan fingerprint density at radius 3 is 2.68 bits per heavy atom. The van der Waals surface area contributed by atoms with Gasteiger partial charge >= 0.3 is 5.97 Å². The van der Waals surface area contributed by atoms with Crippen LogP contribution in [0.5, 0.6) is 11.5 Å². The predicted molar refractivity (Wildman–Crippen MR) is 139 cm³/mol. The van der Waals surface area contributed by atoms with Gasteiger partial charge in [-0.15, -0.1) is 0 Å². The Hall–Kier alpha value is -3.38. The van der Waals surface area contributed by atoms with E-state index in [9.17, 15) is 4.79 Å². The van der Waals surface area contributed by atoms with Gasteiger partial charge in [-0.2, -0.15) is 12.6 Å². The minimum absolute atomic E-state index is 0.0748. The molecule has 3 aromatic rings. The normalized spacial score (nSPS) is 11.8. The highest BCUT2D eigenvalue weighted by Gasteiger charge is 2.10. The maximum atomic E-state index is 11.0. The molecule has 6 heteroatoms. The van der Waals surface area contributed by atoms with E-state index >= 15 is 0 Å². The maximum absolute atomic E-state index is 11.0. The van der Waals surface area contributed by atoms with Crippen LogP contribution in [0.4, 0.5) is 0 Å². The molecule has 0 radical (unpaired) electrons. The number of carboxylic acid groups (broad SMARTS) is 1. The largest absolute Gasteiger partial charge is 0.494 e. The second-order valence-electron chi connectivity index (χ2n) is 7.87. The summed E-state index contributed by atoms with van der Waals surface area (Å²) in [6, 6.07) is 11.6. The monoisotopic (exact) mass is 478 g/mol. The van der Waals surface area contributed by atoms with Gasteiger partial charge in [0.2, 0.25) is 0 Å². The number of aliphatic carboxylic acids is 1. The number of benzene rings is 2. The van der Waals surface area contributed by atoms with Crippen LogP contribution in [-0.2, 0) is 17.6 Å². The fraction of sp³-hybridized carbons (Fsp3) is 0.250. The van der Waals surface area contributed by atoms with Crippen molar-refractivity contribution in [2.24, 2.45) is 0 Å². The molecule has 0 saturated carbocycles. The molecule has 1 heterocycles. The van der Waals surface area contributed by atoms with E-state index in [0.717, 1.165) is 35.3 Å². The lowest BCUT2D eigenvalue weighted by atomic mass is 10.0. The number of aryl methyl sites for hydroxylation is 1. The van der Waals surface area contributed by atoms with E-state index < -0.39 is 5.97 Å². The van der Waals surface area contributed by atoms with Gasteiger partial charge in [0.1, 0.15) is 23.7 Å². The summed E-state index contributed by atoms with van der Waals surface area (Å²) in [5.41, 5.74) is 4.66. The lowest BCUT2D eigenvalue weighted by Crippen LogP contribution is -2.01. The first-order chi connectivity index (χ1) is 16.5. The summed E-state index contributed by atoms with van der Waals surface area (Å²) in [4.78, 5) is 11.0. The van der Waals surface area contributed by atoms with Crippen molar-refractivity contribution >= 4 is 29.6 Å². The molecule has 1 N–H and O–H groups in total. The van der Waals surface area contributed by atoms with Crippen LogP contribution in [-0.4, -0.2) is 30.0 Å². The molecule has 0 bridgehead atoms. The van der Waals surface area contributed by atoms with E-state index in [-0.39, 0.29) is 6.42 Å². The van der Waals surface area contributed by atoms with Gasteiger partial charge in [-0.1, -0.05) is 36.9 Å². The Morgan fingerprint density at radius 1 is 1.15 bits per heavy atom. The van der Waals surface area contributed by atoms with E-state index in [1.807, 2.05) is 30.4 Å². The Morgan fingerprint density at radius 2 is 1.94 bits per heavy atom. The number of rotatable bonds is 13. The smallest absolute Gasteiger partial charge is 0.307 e. The molecule has 3 rings (SSSR count). The summed E-state index contributed by atoms with van der Waals surface area (Å²) in [5, 5.41) is 9.81.